The Labute approximate surface area is 66.4 Å². The van der Waals surface area contributed by atoms with E-state index in [0.717, 1.165) is 0 Å². The zero-order valence-electron chi connectivity index (χ0n) is 5.97. The molecule has 0 atom stereocenters. The molecule has 0 bridgehead atoms. The van der Waals surface area contributed by atoms with Gasteiger partial charge in [-0.05, 0) is 0 Å². The lowest BCUT2D eigenvalue weighted by Gasteiger charge is -1.98. The second-order valence-electron chi connectivity index (χ2n) is 1.77. The van der Waals surface area contributed by atoms with Gasteiger partial charge in [0.15, 0.2) is 0 Å². The summed E-state index contributed by atoms with van der Waals surface area (Å²) in [6.45, 7) is -0.716. The van der Waals surface area contributed by atoms with Crippen LogP contribution in [0.1, 0.15) is 0 Å². The van der Waals surface area contributed by atoms with E-state index in [-0.39, 0.29) is 18.8 Å². The summed E-state index contributed by atoms with van der Waals surface area (Å²) in [6, 6.07) is 0. The third-order valence-corrected chi connectivity index (χ3v) is 0.744. The Kier molecular flexibility index (Phi) is 4.35. The molecule has 0 aromatic carbocycles. The highest BCUT2D eigenvalue weighted by atomic mass is 19.4. The first-order chi connectivity index (χ1) is 5.45. The van der Waals surface area contributed by atoms with Crippen molar-refractivity contribution in [2.45, 2.75) is 6.18 Å². The van der Waals surface area contributed by atoms with Gasteiger partial charge in [-0.1, -0.05) is 0 Å². The number of esters is 1. The largest absolute Gasteiger partial charge is 0.460 e. The number of halogens is 3. The number of carbonyl (C=O) groups is 1. The highest BCUT2D eigenvalue weighted by Gasteiger charge is 2.22. The molecule has 0 aromatic rings. The second kappa shape index (κ2) is 4.76. The van der Waals surface area contributed by atoms with Crippen LogP contribution in [0.25, 0.3) is 0 Å². The molecule has 0 aliphatic heterocycles. The van der Waals surface area contributed by atoms with Gasteiger partial charge in [-0.25, -0.2) is 4.79 Å². The van der Waals surface area contributed by atoms with Crippen LogP contribution in [-0.2, 0) is 9.53 Å². The van der Waals surface area contributed by atoms with E-state index in [1.54, 1.807) is 0 Å². The molecule has 3 nitrogen and oxygen atoms in total. The Balaban J connectivity index is 3.76. The zero-order chi connectivity index (χ0) is 9.61. The van der Waals surface area contributed by atoms with Crippen molar-refractivity contribution >= 4 is 5.97 Å². The summed E-state index contributed by atoms with van der Waals surface area (Å²) in [4.78, 5) is 10.3. The van der Waals surface area contributed by atoms with Crippen molar-refractivity contribution in [3.8, 4) is 0 Å². The Hall–Kier alpha value is -1.04. The molecular weight excluding hydrogens is 177 g/mol. The van der Waals surface area contributed by atoms with Gasteiger partial charge in [0.25, 0.3) is 0 Å². The van der Waals surface area contributed by atoms with Crippen molar-refractivity contribution in [1.29, 1.82) is 0 Å². The lowest BCUT2D eigenvalue weighted by atomic mass is 10.5. The first-order valence-corrected chi connectivity index (χ1v) is 2.99. The molecule has 70 valence electrons. The predicted octanol–water partition coefficient (Wildman–Crippen LogP) is 0.640. The van der Waals surface area contributed by atoms with Crippen LogP contribution in [0.2, 0.25) is 0 Å². The van der Waals surface area contributed by atoms with Gasteiger partial charge in [0.1, 0.15) is 6.61 Å². The van der Waals surface area contributed by atoms with Gasteiger partial charge in [0.2, 0.25) is 0 Å². The van der Waals surface area contributed by atoms with E-state index in [0.29, 0.717) is 0 Å². The third kappa shape index (κ3) is 7.07. The number of rotatable bonds is 3. The maximum atomic E-state index is 11.4. The topological polar surface area (TPSA) is 46.5 Å². The number of allylic oxidation sites excluding steroid dienone is 1. The number of carbonyl (C=O) groups excluding carboxylic acids is 1. The van der Waals surface area contributed by atoms with Crippen molar-refractivity contribution in [2.75, 3.05) is 13.2 Å². The smallest absolute Gasteiger partial charge is 0.410 e. The van der Waals surface area contributed by atoms with E-state index in [1.807, 2.05) is 0 Å². The number of ether oxygens (including phenoxy) is 1. The summed E-state index contributed by atoms with van der Waals surface area (Å²) >= 11 is 0. The number of aliphatic hydroxyl groups is 1. The average molecular weight is 184 g/mol. The summed E-state index contributed by atoms with van der Waals surface area (Å²) < 4.78 is 38.3. The molecule has 0 saturated carbocycles. The summed E-state index contributed by atoms with van der Waals surface area (Å²) in [5.74, 6) is -1.12. The Morgan fingerprint density at radius 3 is 2.50 bits per heavy atom. The molecule has 0 radical (unpaired) electrons. The summed E-state index contributed by atoms with van der Waals surface area (Å²) in [7, 11) is 0. The van der Waals surface area contributed by atoms with Crippen molar-refractivity contribution in [2.24, 2.45) is 0 Å². The lowest BCUT2D eigenvalue weighted by Crippen LogP contribution is -2.08. The minimum Gasteiger partial charge on any atom is -0.460 e. The molecule has 0 amide bonds. The molecule has 0 aromatic heterocycles. The quantitative estimate of drug-likeness (QED) is 0.517. The molecule has 6 heteroatoms. The number of hydrogen-bond donors (Lipinski definition) is 1. The van der Waals surface area contributed by atoms with Crippen LogP contribution in [0.4, 0.5) is 13.2 Å². The molecule has 0 aliphatic carbocycles. The highest BCUT2D eigenvalue weighted by molar-refractivity contribution is 5.81. The molecule has 0 spiro atoms. The molecule has 0 heterocycles. The van der Waals surface area contributed by atoms with E-state index >= 15 is 0 Å². The first kappa shape index (κ1) is 11.0. The molecule has 0 saturated heterocycles. The fourth-order valence-electron chi connectivity index (χ4n) is 0.357. The Bertz CT molecular complexity index is 173. The van der Waals surface area contributed by atoms with Crippen molar-refractivity contribution < 1.29 is 27.8 Å². The fourth-order valence-corrected chi connectivity index (χ4v) is 0.357. The molecule has 0 rings (SSSR count). The summed E-state index contributed by atoms with van der Waals surface area (Å²) in [5.41, 5.74) is 0. The average Bonchev–Trinajstić information content (AvgIpc) is 1.95. The zero-order valence-corrected chi connectivity index (χ0v) is 5.97. The van der Waals surface area contributed by atoms with E-state index in [4.69, 9.17) is 5.11 Å². The number of aliphatic hydroxyl groups excluding tert-OH is 1. The van der Waals surface area contributed by atoms with Crippen LogP contribution >= 0.6 is 0 Å². The SMILES string of the molecule is O=C(C=CC(F)(F)F)OCCO. The number of hydrogen-bond acceptors (Lipinski definition) is 3. The van der Waals surface area contributed by atoms with Gasteiger partial charge in [-0.2, -0.15) is 13.2 Å². The molecule has 1 N–H and O–H groups in total. The minimum atomic E-state index is -4.52. The van der Waals surface area contributed by atoms with Gasteiger partial charge in [-0.15, -0.1) is 0 Å². The van der Waals surface area contributed by atoms with Crippen LogP contribution in [0.3, 0.4) is 0 Å². The summed E-state index contributed by atoms with van der Waals surface area (Å²) in [5, 5.41) is 8.12. The Morgan fingerprint density at radius 2 is 2.08 bits per heavy atom. The van der Waals surface area contributed by atoms with Crippen molar-refractivity contribution in [1.82, 2.24) is 0 Å². The van der Waals surface area contributed by atoms with Gasteiger partial charge in [0.05, 0.1) is 6.61 Å². The Morgan fingerprint density at radius 1 is 1.50 bits per heavy atom. The van der Waals surface area contributed by atoms with E-state index in [1.165, 1.54) is 0 Å². The standard InChI is InChI=1S/C6H7F3O3/c7-6(8,9)2-1-5(11)12-4-3-10/h1-2,10H,3-4H2. The van der Waals surface area contributed by atoms with Gasteiger partial charge in [-0.3, -0.25) is 0 Å². The van der Waals surface area contributed by atoms with Crippen LogP contribution in [0.5, 0.6) is 0 Å². The van der Waals surface area contributed by atoms with Crippen LogP contribution in [0.15, 0.2) is 12.2 Å². The van der Waals surface area contributed by atoms with Gasteiger partial charge < -0.3 is 9.84 Å². The highest BCUT2D eigenvalue weighted by Crippen LogP contribution is 2.15. The first-order valence-electron chi connectivity index (χ1n) is 2.99. The number of alkyl halides is 3. The molecule has 0 fully saturated rings. The normalized spacial score (nSPS) is 12.0. The maximum absolute atomic E-state index is 11.4. The molecular formula is C6H7F3O3. The van der Waals surface area contributed by atoms with E-state index in [9.17, 15) is 18.0 Å². The molecule has 0 unspecified atom stereocenters. The fraction of sp³-hybridized carbons (Fsp3) is 0.500. The minimum absolute atomic E-state index is 0.229. The van der Waals surface area contributed by atoms with Gasteiger partial charge in [0, 0.05) is 12.2 Å². The second-order valence-corrected chi connectivity index (χ2v) is 1.77. The van der Waals surface area contributed by atoms with Gasteiger partial charge >= 0.3 is 12.1 Å². The third-order valence-electron chi connectivity index (χ3n) is 0.744. The van der Waals surface area contributed by atoms with E-state index in [2.05, 4.69) is 4.74 Å². The van der Waals surface area contributed by atoms with E-state index < -0.39 is 18.8 Å². The molecule has 0 aliphatic rings. The monoisotopic (exact) mass is 184 g/mol. The van der Waals surface area contributed by atoms with Crippen LogP contribution in [-0.4, -0.2) is 30.5 Å². The predicted molar refractivity (Wildman–Crippen MR) is 33.2 cm³/mol. The maximum Gasteiger partial charge on any atom is 0.410 e. The van der Waals surface area contributed by atoms with Crippen molar-refractivity contribution in [3.05, 3.63) is 12.2 Å². The molecule has 12 heavy (non-hydrogen) atoms. The van der Waals surface area contributed by atoms with Crippen molar-refractivity contribution in [3.63, 3.8) is 0 Å². The summed E-state index contributed by atoms with van der Waals surface area (Å²) in [6.07, 6.45) is -4.49. The lowest BCUT2D eigenvalue weighted by molar-refractivity contribution is -0.139. The van der Waals surface area contributed by atoms with Crippen LogP contribution < -0.4 is 0 Å². The van der Waals surface area contributed by atoms with Crippen LogP contribution in [0, 0.1) is 0 Å².